The molecule has 0 bridgehead atoms. The molecule has 0 saturated heterocycles. The number of hydrogen-bond donors (Lipinski definition) is 1. The number of methoxy groups -OCH3 is 1. The van der Waals surface area contributed by atoms with Crippen LogP contribution in [-0.4, -0.2) is 26.3 Å². The summed E-state index contributed by atoms with van der Waals surface area (Å²) in [5.74, 6) is -0.240. The Morgan fingerprint density at radius 3 is 2.50 bits per heavy atom. The van der Waals surface area contributed by atoms with Gasteiger partial charge in [-0.1, -0.05) is 19.9 Å². The van der Waals surface area contributed by atoms with Gasteiger partial charge in [-0.05, 0) is 40.4 Å². The highest BCUT2D eigenvalue weighted by atomic mass is 79.9. The Balaban J connectivity index is 3.16. The molecule has 0 fully saturated rings. The van der Waals surface area contributed by atoms with Gasteiger partial charge in [0.05, 0.1) is 16.8 Å². The second-order valence-corrected chi connectivity index (χ2v) is 5.53. The zero-order valence-electron chi connectivity index (χ0n) is 12.5. The summed E-state index contributed by atoms with van der Waals surface area (Å²) in [7, 11) is 1.66. The highest BCUT2D eigenvalue weighted by Crippen LogP contribution is 2.31. The molecular formula is C15H24BrFN2O. The predicted molar refractivity (Wildman–Crippen MR) is 85.6 cm³/mol. The number of ether oxygens (including phenoxy) is 1. The molecular weight excluding hydrogens is 323 g/mol. The van der Waals surface area contributed by atoms with E-state index in [9.17, 15) is 4.39 Å². The average molecular weight is 347 g/mol. The maximum atomic E-state index is 14.6. The molecule has 0 aromatic heterocycles. The summed E-state index contributed by atoms with van der Waals surface area (Å²) in [5.41, 5.74) is 7.00. The van der Waals surface area contributed by atoms with E-state index in [1.54, 1.807) is 7.11 Å². The Hall–Kier alpha value is -0.650. The molecule has 0 saturated carbocycles. The second kappa shape index (κ2) is 8.60. The van der Waals surface area contributed by atoms with E-state index in [-0.39, 0.29) is 5.82 Å². The van der Waals surface area contributed by atoms with Gasteiger partial charge in [0.2, 0.25) is 0 Å². The zero-order chi connectivity index (χ0) is 15.1. The van der Waals surface area contributed by atoms with Gasteiger partial charge in [-0.25, -0.2) is 4.39 Å². The predicted octanol–water partition coefficient (Wildman–Crippen LogP) is 3.69. The summed E-state index contributed by atoms with van der Waals surface area (Å²) in [5, 5.41) is 0. The van der Waals surface area contributed by atoms with Gasteiger partial charge < -0.3 is 15.4 Å². The van der Waals surface area contributed by atoms with Crippen LogP contribution in [0.4, 0.5) is 10.1 Å². The van der Waals surface area contributed by atoms with Gasteiger partial charge >= 0.3 is 0 Å². The lowest BCUT2D eigenvalue weighted by Crippen LogP contribution is -2.37. The highest BCUT2D eigenvalue weighted by Gasteiger charge is 2.21. The molecule has 1 aromatic carbocycles. The Morgan fingerprint density at radius 2 is 2.00 bits per heavy atom. The standard InChI is InChI=1S/C15H24BrFN2O/c1-4-12(5-2)19(8-9-20-3)13-7-6-11(10-18)14(16)15(13)17/h6-7,12H,4-5,8-10,18H2,1-3H3. The lowest BCUT2D eigenvalue weighted by molar-refractivity contribution is 0.202. The normalized spacial score (nSPS) is 11.2. The van der Waals surface area contributed by atoms with Gasteiger partial charge in [0, 0.05) is 26.2 Å². The number of hydrogen-bond acceptors (Lipinski definition) is 3. The Morgan fingerprint density at radius 1 is 1.35 bits per heavy atom. The van der Waals surface area contributed by atoms with E-state index in [1.807, 2.05) is 12.1 Å². The fraction of sp³-hybridized carbons (Fsp3) is 0.600. The largest absolute Gasteiger partial charge is 0.383 e. The molecule has 3 nitrogen and oxygen atoms in total. The number of anilines is 1. The first kappa shape index (κ1) is 17.4. The number of benzene rings is 1. The van der Waals surface area contributed by atoms with E-state index in [0.29, 0.717) is 35.9 Å². The first-order valence-electron chi connectivity index (χ1n) is 7.03. The molecule has 20 heavy (non-hydrogen) atoms. The van der Waals surface area contributed by atoms with Crippen LogP contribution >= 0.6 is 15.9 Å². The molecule has 0 aliphatic rings. The van der Waals surface area contributed by atoms with Crippen molar-refractivity contribution < 1.29 is 9.13 Å². The van der Waals surface area contributed by atoms with Crippen molar-refractivity contribution in [2.45, 2.75) is 39.3 Å². The summed E-state index contributed by atoms with van der Waals surface area (Å²) in [4.78, 5) is 2.09. The Labute approximate surface area is 129 Å². The SMILES string of the molecule is CCC(CC)N(CCOC)c1ccc(CN)c(Br)c1F. The number of nitrogens with zero attached hydrogens (tertiary/aromatic N) is 1. The van der Waals surface area contributed by atoms with Crippen LogP contribution in [0, 0.1) is 5.82 Å². The van der Waals surface area contributed by atoms with Crippen molar-refractivity contribution >= 4 is 21.6 Å². The molecule has 1 rings (SSSR count). The van der Waals surface area contributed by atoms with Gasteiger partial charge in [-0.15, -0.1) is 0 Å². The Kier molecular flexibility index (Phi) is 7.48. The molecule has 2 N–H and O–H groups in total. The topological polar surface area (TPSA) is 38.5 Å². The molecule has 1 aromatic rings. The van der Waals surface area contributed by atoms with E-state index in [2.05, 4.69) is 34.7 Å². The first-order valence-corrected chi connectivity index (χ1v) is 7.82. The molecule has 0 atom stereocenters. The molecule has 0 radical (unpaired) electrons. The zero-order valence-corrected chi connectivity index (χ0v) is 14.0. The van der Waals surface area contributed by atoms with Crippen LogP contribution in [0.1, 0.15) is 32.3 Å². The van der Waals surface area contributed by atoms with Crippen molar-refractivity contribution in [1.82, 2.24) is 0 Å². The van der Waals surface area contributed by atoms with Crippen molar-refractivity contribution in [1.29, 1.82) is 0 Å². The molecule has 114 valence electrons. The third kappa shape index (κ3) is 3.93. The molecule has 0 unspecified atom stereocenters. The van der Waals surface area contributed by atoms with Crippen molar-refractivity contribution in [3.63, 3.8) is 0 Å². The maximum absolute atomic E-state index is 14.6. The van der Waals surface area contributed by atoms with Crippen LogP contribution in [0.5, 0.6) is 0 Å². The van der Waals surface area contributed by atoms with Crippen LogP contribution in [0.3, 0.4) is 0 Å². The minimum Gasteiger partial charge on any atom is -0.383 e. The van der Waals surface area contributed by atoms with Gasteiger partial charge in [0.1, 0.15) is 0 Å². The molecule has 0 heterocycles. The maximum Gasteiger partial charge on any atom is 0.160 e. The van der Waals surface area contributed by atoms with E-state index in [0.717, 1.165) is 18.4 Å². The summed E-state index contributed by atoms with van der Waals surface area (Å²) < 4.78 is 20.2. The van der Waals surface area contributed by atoms with Gasteiger partial charge in [0.25, 0.3) is 0 Å². The fourth-order valence-corrected chi connectivity index (χ4v) is 2.87. The third-order valence-electron chi connectivity index (χ3n) is 3.59. The summed E-state index contributed by atoms with van der Waals surface area (Å²) in [6, 6.07) is 4.00. The molecule has 0 spiro atoms. The van der Waals surface area contributed by atoms with Crippen LogP contribution in [0.2, 0.25) is 0 Å². The van der Waals surface area contributed by atoms with E-state index in [4.69, 9.17) is 10.5 Å². The van der Waals surface area contributed by atoms with Gasteiger partial charge in [-0.2, -0.15) is 0 Å². The quantitative estimate of drug-likeness (QED) is 0.780. The minimum atomic E-state index is -0.240. The van der Waals surface area contributed by atoms with E-state index >= 15 is 0 Å². The van der Waals surface area contributed by atoms with Crippen molar-refractivity contribution in [3.05, 3.63) is 28.0 Å². The summed E-state index contributed by atoms with van der Waals surface area (Å²) in [6.45, 7) is 5.81. The average Bonchev–Trinajstić information content (AvgIpc) is 2.47. The van der Waals surface area contributed by atoms with E-state index in [1.165, 1.54) is 0 Å². The van der Waals surface area contributed by atoms with Crippen LogP contribution in [0.15, 0.2) is 16.6 Å². The second-order valence-electron chi connectivity index (χ2n) is 4.73. The molecule has 0 aliphatic heterocycles. The molecule has 5 heteroatoms. The summed E-state index contributed by atoms with van der Waals surface area (Å²) >= 11 is 3.31. The van der Waals surface area contributed by atoms with E-state index < -0.39 is 0 Å². The lowest BCUT2D eigenvalue weighted by Gasteiger charge is -2.33. The number of rotatable bonds is 8. The van der Waals surface area contributed by atoms with Crippen LogP contribution in [0.25, 0.3) is 0 Å². The summed E-state index contributed by atoms with van der Waals surface area (Å²) in [6.07, 6.45) is 1.94. The Bertz CT molecular complexity index is 425. The minimum absolute atomic E-state index is 0.240. The fourth-order valence-electron chi connectivity index (χ4n) is 2.38. The smallest absolute Gasteiger partial charge is 0.160 e. The lowest BCUT2D eigenvalue weighted by atomic mass is 10.1. The van der Waals surface area contributed by atoms with Crippen molar-refractivity contribution in [2.75, 3.05) is 25.2 Å². The first-order chi connectivity index (χ1) is 9.60. The number of halogens is 2. The molecule has 0 amide bonds. The van der Waals surface area contributed by atoms with Crippen LogP contribution < -0.4 is 10.6 Å². The molecule has 0 aliphatic carbocycles. The van der Waals surface area contributed by atoms with Crippen molar-refractivity contribution in [2.24, 2.45) is 5.73 Å². The van der Waals surface area contributed by atoms with Gasteiger partial charge in [0.15, 0.2) is 5.82 Å². The third-order valence-corrected chi connectivity index (χ3v) is 4.45. The van der Waals surface area contributed by atoms with Crippen LogP contribution in [-0.2, 0) is 11.3 Å². The monoisotopic (exact) mass is 346 g/mol. The highest BCUT2D eigenvalue weighted by molar-refractivity contribution is 9.10. The van der Waals surface area contributed by atoms with Gasteiger partial charge in [-0.3, -0.25) is 0 Å². The number of nitrogens with two attached hydrogens (primary N) is 1. The van der Waals surface area contributed by atoms with Crippen molar-refractivity contribution in [3.8, 4) is 0 Å².